The summed E-state index contributed by atoms with van der Waals surface area (Å²) in [5.74, 6) is 0.182. The number of ether oxygens (including phenoxy) is 1. The van der Waals surface area contributed by atoms with E-state index in [9.17, 15) is 18.0 Å². The van der Waals surface area contributed by atoms with Crippen LogP contribution in [0.3, 0.4) is 0 Å². The van der Waals surface area contributed by atoms with E-state index in [1.54, 1.807) is 0 Å². The lowest BCUT2D eigenvalue weighted by Gasteiger charge is -2.20. The Hall–Kier alpha value is -3.32. The van der Waals surface area contributed by atoms with Gasteiger partial charge in [-0.05, 0) is 35.4 Å². The summed E-state index contributed by atoms with van der Waals surface area (Å²) in [7, 11) is 0. The molecule has 162 valence electrons. The minimum Gasteiger partial charge on any atom is -0.486 e. The van der Waals surface area contributed by atoms with E-state index >= 15 is 0 Å². The Morgan fingerprint density at radius 3 is 2.10 bits per heavy atom. The van der Waals surface area contributed by atoms with Gasteiger partial charge in [0.1, 0.15) is 11.9 Å². The highest BCUT2D eigenvalue weighted by Crippen LogP contribution is 2.31. The van der Waals surface area contributed by atoms with Gasteiger partial charge in [0.15, 0.2) is 0 Å². The molecule has 0 radical (unpaired) electrons. The zero-order valence-electron chi connectivity index (χ0n) is 16.7. The molecule has 0 aliphatic rings. The lowest BCUT2D eigenvalue weighted by Crippen LogP contribution is -2.39. The summed E-state index contributed by atoms with van der Waals surface area (Å²) in [6, 6.07) is 23.4. The van der Waals surface area contributed by atoms with Crippen molar-refractivity contribution in [3.05, 3.63) is 102 Å². The summed E-state index contributed by atoms with van der Waals surface area (Å²) < 4.78 is 44.3. The van der Waals surface area contributed by atoms with Gasteiger partial charge in [-0.25, -0.2) is 5.43 Å². The molecule has 3 rings (SSSR count). The predicted molar refractivity (Wildman–Crippen MR) is 112 cm³/mol. The van der Waals surface area contributed by atoms with Crippen LogP contribution in [-0.2, 0) is 17.4 Å². The summed E-state index contributed by atoms with van der Waals surface area (Å²) >= 11 is 0. The maximum atomic E-state index is 12.8. The van der Waals surface area contributed by atoms with Crippen LogP contribution in [0.2, 0.25) is 0 Å². The number of benzene rings is 3. The number of halogens is 3. The van der Waals surface area contributed by atoms with Crippen LogP contribution in [0.25, 0.3) is 0 Å². The van der Waals surface area contributed by atoms with Crippen molar-refractivity contribution in [2.24, 2.45) is 0 Å². The van der Waals surface area contributed by atoms with Crippen molar-refractivity contribution in [1.82, 2.24) is 10.9 Å². The fourth-order valence-electron chi connectivity index (χ4n) is 3.04. The van der Waals surface area contributed by atoms with E-state index in [0.29, 0.717) is 18.7 Å². The van der Waals surface area contributed by atoms with Crippen LogP contribution in [0.15, 0.2) is 84.9 Å². The zero-order chi connectivity index (χ0) is 22.1. The average Bonchev–Trinajstić information content (AvgIpc) is 2.77. The number of rotatable bonds is 9. The van der Waals surface area contributed by atoms with Gasteiger partial charge >= 0.3 is 6.18 Å². The minimum absolute atomic E-state index is 0.161. The first-order valence-electron chi connectivity index (χ1n) is 9.86. The molecule has 0 saturated carbocycles. The fraction of sp³-hybridized carbons (Fsp3) is 0.208. The third kappa shape index (κ3) is 7.15. The van der Waals surface area contributed by atoms with E-state index in [2.05, 4.69) is 10.9 Å². The number of hydrogen-bond acceptors (Lipinski definition) is 3. The molecule has 0 heterocycles. The first kappa shape index (κ1) is 22.4. The van der Waals surface area contributed by atoms with Crippen molar-refractivity contribution in [2.75, 3.05) is 6.54 Å². The van der Waals surface area contributed by atoms with Gasteiger partial charge in [-0.2, -0.15) is 13.2 Å². The monoisotopic (exact) mass is 428 g/mol. The molecule has 31 heavy (non-hydrogen) atoms. The highest BCUT2D eigenvalue weighted by Gasteiger charge is 2.30. The van der Waals surface area contributed by atoms with E-state index in [0.717, 1.165) is 23.3 Å². The van der Waals surface area contributed by atoms with Gasteiger partial charge in [-0.1, -0.05) is 60.7 Å². The Morgan fingerprint density at radius 1 is 0.871 bits per heavy atom. The molecule has 0 saturated heterocycles. The average molecular weight is 428 g/mol. The molecule has 0 fully saturated rings. The highest BCUT2D eigenvalue weighted by molar-refractivity contribution is 5.77. The predicted octanol–water partition coefficient (Wildman–Crippen LogP) is 5.08. The molecule has 1 amide bonds. The molecule has 1 unspecified atom stereocenters. The second-order valence-electron chi connectivity index (χ2n) is 6.97. The van der Waals surface area contributed by atoms with Gasteiger partial charge in [-0.15, -0.1) is 0 Å². The smallest absolute Gasteiger partial charge is 0.416 e. The third-order valence-corrected chi connectivity index (χ3v) is 4.60. The molecule has 7 heteroatoms. The lowest BCUT2D eigenvalue weighted by molar-refractivity contribution is -0.137. The lowest BCUT2D eigenvalue weighted by atomic mass is 10.1. The van der Waals surface area contributed by atoms with Gasteiger partial charge in [-0.3, -0.25) is 10.2 Å². The van der Waals surface area contributed by atoms with Crippen molar-refractivity contribution in [3.63, 3.8) is 0 Å². The normalized spacial score (nSPS) is 12.2. The molecular formula is C24H23F3N2O2. The number of alkyl halides is 3. The largest absolute Gasteiger partial charge is 0.486 e. The van der Waals surface area contributed by atoms with E-state index in [1.165, 1.54) is 12.1 Å². The van der Waals surface area contributed by atoms with Crippen LogP contribution >= 0.6 is 0 Å². The molecule has 0 aliphatic heterocycles. The quantitative estimate of drug-likeness (QED) is 0.369. The first-order valence-corrected chi connectivity index (χ1v) is 9.86. The molecule has 3 aromatic carbocycles. The molecule has 0 aromatic heterocycles. The summed E-state index contributed by atoms with van der Waals surface area (Å²) in [5.41, 5.74) is 6.63. The molecular weight excluding hydrogens is 405 g/mol. The minimum atomic E-state index is -4.39. The number of hydrogen-bond donors (Lipinski definition) is 2. The van der Waals surface area contributed by atoms with Crippen LogP contribution in [0.4, 0.5) is 13.2 Å². The van der Waals surface area contributed by atoms with Crippen LogP contribution in [-0.4, -0.2) is 12.5 Å². The Morgan fingerprint density at radius 2 is 1.48 bits per heavy atom. The van der Waals surface area contributed by atoms with Gasteiger partial charge in [0.25, 0.3) is 0 Å². The van der Waals surface area contributed by atoms with Gasteiger partial charge < -0.3 is 4.74 Å². The van der Waals surface area contributed by atoms with E-state index < -0.39 is 17.8 Å². The van der Waals surface area contributed by atoms with Crippen molar-refractivity contribution >= 4 is 5.91 Å². The molecule has 0 aliphatic carbocycles. The summed E-state index contributed by atoms with van der Waals surface area (Å²) in [6.07, 6.45) is -4.02. The first-order chi connectivity index (χ1) is 14.9. The Bertz CT molecular complexity index is 946. The maximum absolute atomic E-state index is 12.8. The second kappa shape index (κ2) is 10.6. The van der Waals surface area contributed by atoms with E-state index in [-0.39, 0.29) is 12.3 Å². The topological polar surface area (TPSA) is 50.4 Å². The van der Waals surface area contributed by atoms with Crippen LogP contribution < -0.4 is 15.6 Å². The standard InChI is InChI=1S/C24H23F3N2O2/c25-24(26,27)20-11-13-21(14-12-20)31-22(19-9-5-2-6-10-19)15-16-28-29-23(30)17-18-7-3-1-4-8-18/h1-14,22,28H,15-17H2,(H,29,30). The molecule has 1 atom stereocenters. The SMILES string of the molecule is O=C(Cc1ccccc1)NNCCC(Oc1ccc(C(F)(F)F)cc1)c1ccccc1. The number of carbonyl (C=O) groups is 1. The molecule has 0 spiro atoms. The summed E-state index contributed by atoms with van der Waals surface area (Å²) in [4.78, 5) is 12.0. The molecule has 0 bridgehead atoms. The number of amides is 1. The number of carbonyl (C=O) groups excluding carboxylic acids is 1. The Balaban J connectivity index is 1.55. The molecule has 3 aromatic rings. The van der Waals surface area contributed by atoms with Crippen LogP contribution in [0, 0.1) is 0 Å². The summed E-state index contributed by atoms with van der Waals surface area (Å²) in [6.45, 7) is 0.417. The van der Waals surface area contributed by atoms with E-state index in [4.69, 9.17) is 4.74 Å². The number of nitrogens with one attached hydrogen (secondary N) is 2. The van der Waals surface area contributed by atoms with E-state index in [1.807, 2.05) is 60.7 Å². The van der Waals surface area contributed by atoms with Gasteiger partial charge in [0.05, 0.1) is 12.0 Å². The van der Waals surface area contributed by atoms with Crippen LogP contribution in [0.5, 0.6) is 5.75 Å². The van der Waals surface area contributed by atoms with Crippen molar-refractivity contribution < 1.29 is 22.7 Å². The van der Waals surface area contributed by atoms with Gasteiger partial charge in [0.2, 0.25) is 5.91 Å². The molecule has 4 nitrogen and oxygen atoms in total. The van der Waals surface area contributed by atoms with Crippen molar-refractivity contribution in [2.45, 2.75) is 25.1 Å². The Kier molecular flexibility index (Phi) is 7.67. The fourth-order valence-corrected chi connectivity index (χ4v) is 3.04. The Labute approximate surface area is 179 Å². The zero-order valence-corrected chi connectivity index (χ0v) is 16.7. The van der Waals surface area contributed by atoms with Gasteiger partial charge in [0, 0.05) is 13.0 Å². The third-order valence-electron chi connectivity index (χ3n) is 4.60. The maximum Gasteiger partial charge on any atom is 0.416 e. The van der Waals surface area contributed by atoms with Crippen molar-refractivity contribution in [1.29, 1.82) is 0 Å². The van der Waals surface area contributed by atoms with Crippen molar-refractivity contribution in [3.8, 4) is 5.75 Å². The highest BCUT2D eigenvalue weighted by atomic mass is 19.4. The summed E-state index contributed by atoms with van der Waals surface area (Å²) in [5, 5.41) is 0. The number of hydrazine groups is 1. The molecule has 2 N–H and O–H groups in total. The van der Waals surface area contributed by atoms with Crippen LogP contribution in [0.1, 0.15) is 29.2 Å². The second-order valence-corrected chi connectivity index (χ2v) is 6.97.